The Morgan fingerprint density at radius 2 is 1.50 bits per heavy atom. The fourth-order valence-corrected chi connectivity index (χ4v) is 3.14. The summed E-state index contributed by atoms with van der Waals surface area (Å²) in [6.07, 6.45) is 0. The van der Waals surface area contributed by atoms with Crippen molar-refractivity contribution in [2.45, 2.75) is 9.79 Å². The van der Waals surface area contributed by atoms with Crippen LogP contribution in [0.1, 0.15) is 0 Å². The zero-order valence-corrected chi connectivity index (χ0v) is 13.1. The van der Waals surface area contributed by atoms with Gasteiger partial charge in [0.05, 0.1) is 7.11 Å². The first kappa shape index (κ1) is 14.5. The van der Waals surface area contributed by atoms with E-state index in [1.807, 2.05) is 42.5 Å². The number of nitrogen functional groups attached to an aromatic ring is 1. The highest BCUT2D eigenvalue weighted by Gasteiger charge is 2.06. The van der Waals surface area contributed by atoms with Crippen molar-refractivity contribution in [1.82, 2.24) is 0 Å². The first-order valence-electron chi connectivity index (χ1n) is 7.04. The second-order valence-electron chi connectivity index (χ2n) is 4.86. The molecule has 3 aromatic carbocycles. The molecule has 110 valence electrons. The molecule has 0 atom stereocenters. The van der Waals surface area contributed by atoms with E-state index >= 15 is 0 Å². The molecule has 0 fully saturated rings. The lowest BCUT2D eigenvalue weighted by molar-refractivity contribution is 0.416. The Labute approximate surface area is 134 Å². The van der Waals surface area contributed by atoms with Crippen molar-refractivity contribution < 1.29 is 4.74 Å². The molecule has 0 aliphatic carbocycles. The SMILES string of the molecule is COc1ccccc1-c1ccc(Sc2ccccc2N)cc1. The van der Waals surface area contributed by atoms with Crippen LogP contribution in [0, 0.1) is 0 Å². The molecule has 0 aliphatic rings. The van der Waals surface area contributed by atoms with E-state index in [0.717, 1.165) is 32.4 Å². The zero-order chi connectivity index (χ0) is 15.4. The number of ether oxygens (including phenoxy) is 1. The molecule has 0 spiro atoms. The van der Waals surface area contributed by atoms with Gasteiger partial charge in [0.25, 0.3) is 0 Å². The molecule has 0 saturated carbocycles. The van der Waals surface area contributed by atoms with Crippen LogP contribution in [0.3, 0.4) is 0 Å². The summed E-state index contributed by atoms with van der Waals surface area (Å²) in [5.74, 6) is 0.884. The van der Waals surface area contributed by atoms with Crippen LogP contribution in [0.5, 0.6) is 5.75 Å². The number of nitrogens with two attached hydrogens (primary N) is 1. The van der Waals surface area contributed by atoms with Gasteiger partial charge in [-0.1, -0.05) is 54.2 Å². The third-order valence-electron chi connectivity index (χ3n) is 3.42. The summed E-state index contributed by atoms with van der Waals surface area (Å²) in [4.78, 5) is 2.24. The maximum Gasteiger partial charge on any atom is 0.126 e. The van der Waals surface area contributed by atoms with Crippen LogP contribution in [0.4, 0.5) is 5.69 Å². The number of methoxy groups -OCH3 is 1. The molecule has 0 radical (unpaired) electrons. The number of para-hydroxylation sites is 2. The largest absolute Gasteiger partial charge is 0.496 e. The summed E-state index contributed by atoms with van der Waals surface area (Å²) in [5, 5.41) is 0. The lowest BCUT2D eigenvalue weighted by atomic mass is 10.1. The Balaban J connectivity index is 1.86. The van der Waals surface area contributed by atoms with Gasteiger partial charge >= 0.3 is 0 Å². The van der Waals surface area contributed by atoms with Gasteiger partial charge in [0, 0.05) is 21.0 Å². The van der Waals surface area contributed by atoms with E-state index in [1.165, 1.54) is 0 Å². The van der Waals surface area contributed by atoms with Crippen LogP contribution >= 0.6 is 11.8 Å². The topological polar surface area (TPSA) is 35.2 Å². The van der Waals surface area contributed by atoms with Crippen LogP contribution in [-0.2, 0) is 0 Å². The minimum atomic E-state index is 0.807. The Kier molecular flexibility index (Phi) is 4.35. The maximum absolute atomic E-state index is 5.99. The third-order valence-corrected chi connectivity index (χ3v) is 4.52. The molecule has 3 aromatic rings. The smallest absolute Gasteiger partial charge is 0.126 e. The number of anilines is 1. The molecule has 0 bridgehead atoms. The monoisotopic (exact) mass is 307 g/mol. The van der Waals surface area contributed by atoms with E-state index in [0.29, 0.717) is 0 Å². The normalized spacial score (nSPS) is 10.4. The standard InChI is InChI=1S/C19H17NOS/c1-21-18-8-4-2-6-16(18)14-10-12-15(13-11-14)22-19-9-5-3-7-17(19)20/h2-13H,20H2,1H3. The number of rotatable bonds is 4. The summed E-state index contributed by atoms with van der Waals surface area (Å²) in [6, 6.07) is 24.4. The molecule has 0 saturated heterocycles. The van der Waals surface area contributed by atoms with Crippen LogP contribution in [-0.4, -0.2) is 7.11 Å². The van der Waals surface area contributed by atoms with Gasteiger partial charge in [-0.2, -0.15) is 0 Å². The summed E-state index contributed by atoms with van der Waals surface area (Å²) in [6.45, 7) is 0. The highest BCUT2D eigenvalue weighted by molar-refractivity contribution is 7.99. The zero-order valence-electron chi connectivity index (χ0n) is 12.3. The van der Waals surface area contributed by atoms with E-state index in [9.17, 15) is 0 Å². The van der Waals surface area contributed by atoms with Crippen molar-refractivity contribution in [3.8, 4) is 16.9 Å². The lowest BCUT2D eigenvalue weighted by Crippen LogP contribution is -1.88. The molecule has 0 amide bonds. The molecule has 3 heteroatoms. The average Bonchev–Trinajstić information content (AvgIpc) is 2.58. The molecule has 0 unspecified atom stereocenters. The predicted molar refractivity (Wildman–Crippen MR) is 93.4 cm³/mol. The maximum atomic E-state index is 5.99. The van der Waals surface area contributed by atoms with Gasteiger partial charge in [-0.25, -0.2) is 0 Å². The molecule has 3 rings (SSSR count). The van der Waals surface area contributed by atoms with Crippen molar-refractivity contribution in [1.29, 1.82) is 0 Å². The predicted octanol–water partition coefficient (Wildman–Crippen LogP) is 5.10. The third kappa shape index (κ3) is 3.10. The van der Waals surface area contributed by atoms with Crippen LogP contribution in [0.25, 0.3) is 11.1 Å². The van der Waals surface area contributed by atoms with E-state index in [4.69, 9.17) is 10.5 Å². The molecule has 2 nitrogen and oxygen atoms in total. The van der Waals surface area contributed by atoms with Gasteiger partial charge in [-0.3, -0.25) is 0 Å². The van der Waals surface area contributed by atoms with E-state index in [2.05, 4.69) is 30.3 Å². The average molecular weight is 307 g/mol. The van der Waals surface area contributed by atoms with Crippen LogP contribution in [0.2, 0.25) is 0 Å². The molecular formula is C19H17NOS. The Hall–Kier alpha value is -2.39. The Morgan fingerprint density at radius 3 is 2.23 bits per heavy atom. The minimum absolute atomic E-state index is 0.807. The first-order chi connectivity index (χ1) is 10.8. The lowest BCUT2D eigenvalue weighted by Gasteiger charge is -2.09. The fraction of sp³-hybridized carbons (Fsp3) is 0.0526. The second kappa shape index (κ2) is 6.58. The van der Waals surface area contributed by atoms with Gasteiger partial charge in [-0.15, -0.1) is 0 Å². The van der Waals surface area contributed by atoms with Crippen molar-refractivity contribution >= 4 is 17.4 Å². The molecule has 22 heavy (non-hydrogen) atoms. The summed E-state index contributed by atoms with van der Waals surface area (Å²) in [7, 11) is 1.70. The second-order valence-corrected chi connectivity index (χ2v) is 5.98. The van der Waals surface area contributed by atoms with E-state index in [1.54, 1.807) is 18.9 Å². The van der Waals surface area contributed by atoms with Crippen molar-refractivity contribution in [2.24, 2.45) is 0 Å². The molecule has 2 N–H and O–H groups in total. The van der Waals surface area contributed by atoms with Gasteiger partial charge in [0.1, 0.15) is 5.75 Å². The minimum Gasteiger partial charge on any atom is -0.496 e. The Morgan fingerprint density at radius 1 is 0.818 bits per heavy atom. The molecule has 0 heterocycles. The summed E-state index contributed by atoms with van der Waals surface area (Å²) in [5.41, 5.74) is 9.04. The van der Waals surface area contributed by atoms with E-state index in [-0.39, 0.29) is 0 Å². The molecule has 0 aromatic heterocycles. The van der Waals surface area contributed by atoms with Crippen LogP contribution in [0.15, 0.2) is 82.6 Å². The fourth-order valence-electron chi connectivity index (χ4n) is 2.29. The number of hydrogen-bond acceptors (Lipinski definition) is 3. The Bertz CT molecular complexity index is 768. The van der Waals surface area contributed by atoms with Gasteiger partial charge < -0.3 is 10.5 Å². The highest BCUT2D eigenvalue weighted by Crippen LogP contribution is 2.34. The molecule has 0 aliphatic heterocycles. The summed E-state index contributed by atoms with van der Waals surface area (Å²) >= 11 is 1.67. The number of hydrogen-bond donors (Lipinski definition) is 1. The highest BCUT2D eigenvalue weighted by atomic mass is 32.2. The van der Waals surface area contributed by atoms with Crippen LogP contribution < -0.4 is 10.5 Å². The first-order valence-corrected chi connectivity index (χ1v) is 7.85. The van der Waals surface area contributed by atoms with Crippen molar-refractivity contribution in [2.75, 3.05) is 12.8 Å². The number of benzene rings is 3. The van der Waals surface area contributed by atoms with Crippen molar-refractivity contribution in [3.63, 3.8) is 0 Å². The van der Waals surface area contributed by atoms with E-state index < -0.39 is 0 Å². The van der Waals surface area contributed by atoms with Crippen molar-refractivity contribution in [3.05, 3.63) is 72.8 Å². The van der Waals surface area contributed by atoms with Gasteiger partial charge in [-0.05, 0) is 35.9 Å². The van der Waals surface area contributed by atoms with Gasteiger partial charge in [0.15, 0.2) is 0 Å². The molecular weight excluding hydrogens is 290 g/mol. The van der Waals surface area contributed by atoms with Gasteiger partial charge in [0.2, 0.25) is 0 Å². The quantitative estimate of drug-likeness (QED) is 0.681. The summed E-state index contributed by atoms with van der Waals surface area (Å²) < 4.78 is 5.42.